The zero-order chi connectivity index (χ0) is 16.8. The Morgan fingerprint density at radius 2 is 0.727 bits per heavy atom. The van der Waals surface area contributed by atoms with Crippen LogP contribution in [0.15, 0.2) is 0 Å². The van der Waals surface area contributed by atoms with E-state index < -0.39 is 9.53 Å². The summed E-state index contributed by atoms with van der Waals surface area (Å²) in [7, 11) is -1.99. The molecule has 22 heavy (non-hydrogen) atoms. The van der Waals surface area contributed by atoms with Crippen LogP contribution in [0, 0.1) is 17.8 Å². The van der Waals surface area contributed by atoms with Crippen molar-refractivity contribution in [3.8, 4) is 0 Å². The minimum atomic E-state index is -1.99. The first-order valence-corrected chi connectivity index (χ1v) is 10.9. The molecular formula is C18H40O3Si. The van der Waals surface area contributed by atoms with E-state index >= 15 is 0 Å². The molecule has 0 atom stereocenters. The summed E-state index contributed by atoms with van der Waals surface area (Å²) in [6, 6.07) is 0. The minimum absolute atomic E-state index is 0.628. The van der Waals surface area contributed by atoms with E-state index in [1.54, 1.807) is 0 Å². The van der Waals surface area contributed by atoms with Crippen LogP contribution in [0.3, 0.4) is 0 Å². The van der Waals surface area contributed by atoms with Gasteiger partial charge in [-0.2, -0.15) is 0 Å². The monoisotopic (exact) mass is 332 g/mol. The first-order chi connectivity index (χ1) is 10.6. The highest BCUT2D eigenvalue weighted by atomic mass is 28.3. The molecule has 0 saturated heterocycles. The van der Waals surface area contributed by atoms with Gasteiger partial charge in [-0.3, -0.25) is 0 Å². The second-order valence-electron chi connectivity index (χ2n) is 6.34. The van der Waals surface area contributed by atoms with Gasteiger partial charge in [-0.1, -0.05) is 80.1 Å². The normalized spacial score (nSPS) is 12.3. The van der Waals surface area contributed by atoms with Crippen molar-refractivity contribution in [2.45, 2.75) is 80.1 Å². The van der Waals surface area contributed by atoms with Crippen LogP contribution in [-0.2, 0) is 13.3 Å². The van der Waals surface area contributed by atoms with Gasteiger partial charge in [0.2, 0.25) is 0 Å². The van der Waals surface area contributed by atoms with Gasteiger partial charge >= 0.3 is 9.53 Å². The number of hydrogen-bond donors (Lipinski definition) is 0. The lowest BCUT2D eigenvalue weighted by Gasteiger charge is -2.23. The van der Waals surface area contributed by atoms with Crippen molar-refractivity contribution in [1.29, 1.82) is 0 Å². The average molecular weight is 333 g/mol. The fourth-order valence-electron chi connectivity index (χ4n) is 2.36. The molecule has 0 amide bonds. The Balaban J connectivity index is 4.34. The summed E-state index contributed by atoms with van der Waals surface area (Å²) >= 11 is 0. The van der Waals surface area contributed by atoms with E-state index in [0.29, 0.717) is 17.8 Å². The van der Waals surface area contributed by atoms with Crippen LogP contribution in [-0.4, -0.2) is 29.3 Å². The van der Waals surface area contributed by atoms with Crippen molar-refractivity contribution < 1.29 is 13.3 Å². The highest BCUT2D eigenvalue weighted by Crippen LogP contribution is 2.14. The third kappa shape index (κ3) is 9.98. The molecule has 0 aromatic carbocycles. The molecule has 0 N–H and O–H groups in total. The summed E-state index contributed by atoms with van der Waals surface area (Å²) in [5.74, 6) is 1.88. The quantitative estimate of drug-likeness (QED) is 0.392. The van der Waals surface area contributed by atoms with Gasteiger partial charge < -0.3 is 13.3 Å². The molecule has 0 aliphatic rings. The van der Waals surface area contributed by atoms with Crippen LogP contribution in [0.25, 0.3) is 0 Å². The fraction of sp³-hybridized carbons (Fsp3) is 1.00. The molecule has 134 valence electrons. The average Bonchev–Trinajstić information content (AvgIpc) is 2.56. The molecule has 0 aliphatic heterocycles. The third-order valence-electron chi connectivity index (χ3n) is 4.87. The van der Waals surface area contributed by atoms with Crippen molar-refractivity contribution in [1.82, 2.24) is 0 Å². The van der Waals surface area contributed by atoms with E-state index in [1.165, 1.54) is 0 Å². The molecule has 0 spiro atoms. The Labute approximate surface area is 141 Å². The van der Waals surface area contributed by atoms with Crippen molar-refractivity contribution in [3.05, 3.63) is 0 Å². The summed E-state index contributed by atoms with van der Waals surface area (Å²) in [5, 5.41) is 0. The summed E-state index contributed by atoms with van der Waals surface area (Å²) in [4.78, 5) is 0. The largest absolute Gasteiger partial charge is 0.484 e. The van der Waals surface area contributed by atoms with Gasteiger partial charge in [0.15, 0.2) is 0 Å². The van der Waals surface area contributed by atoms with E-state index in [2.05, 4.69) is 41.5 Å². The molecule has 0 bridgehead atoms. The SMILES string of the molecule is CCC(CC)CO[SiH](OCC(CC)CC)OCC(CC)CC. The zero-order valence-electron chi connectivity index (χ0n) is 15.9. The zero-order valence-corrected chi connectivity index (χ0v) is 17.1. The molecule has 0 heterocycles. The van der Waals surface area contributed by atoms with Gasteiger partial charge in [0.1, 0.15) is 0 Å². The fourth-order valence-corrected chi connectivity index (χ4v) is 3.94. The summed E-state index contributed by atoms with van der Waals surface area (Å²) in [5.41, 5.74) is 0. The van der Waals surface area contributed by atoms with Gasteiger partial charge in [-0.25, -0.2) is 0 Å². The first kappa shape index (κ1) is 22.1. The van der Waals surface area contributed by atoms with Crippen LogP contribution in [0.1, 0.15) is 80.1 Å². The summed E-state index contributed by atoms with van der Waals surface area (Å²) in [6.07, 6.45) is 6.98. The topological polar surface area (TPSA) is 27.7 Å². The van der Waals surface area contributed by atoms with Crippen molar-refractivity contribution in [2.75, 3.05) is 19.8 Å². The Morgan fingerprint density at radius 3 is 0.909 bits per heavy atom. The number of rotatable bonds is 15. The molecule has 0 aliphatic carbocycles. The predicted molar refractivity (Wildman–Crippen MR) is 97.2 cm³/mol. The van der Waals surface area contributed by atoms with E-state index in [-0.39, 0.29) is 0 Å². The molecule has 4 heteroatoms. The Hall–Kier alpha value is 0.0969. The van der Waals surface area contributed by atoms with Crippen LogP contribution < -0.4 is 0 Å². The molecule has 0 rings (SSSR count). The van der Waals surface area contributed by atoms with Gasteiger partial charge in [0, 0.05) is 19.8 Å². The Bertz CT molecular complexity index is 188. The molecule has 0 unspecified atom stereocenters. The van der Waals surface area contributed by atoms with E-state index in [9.17, 15) is 0 Å². The van der Waals surface area contributed by atoms with Crippen molar-refractivity contribution >= 4 is 9.53 Å². The summed E-state index contributed by atoms with van der Waals surface area (Å²) < 4.78 is 18.2. The molecular weight excluding hydrogens is 292 g/mol. The van der Waals surface area contributed by atoms with Crippen LogP contribution in [0.2, 0.25) is 0 Å². The lowest BCUT2D eigenvalue weighted by atomic mass is 10.1. The number of hydrogen-bond acceptors (Lipinski definition) is 3. The standard InChI is InChI=1S/C18H40O3Si/c1-7-16(8-2)13-19-22(20-14-17(9-3)10-4)21-15-18(11-5)12-6/h16-18,22H,7-15H2,1-6H3. The van der Waals surface area contributed by atoms with E-state index in [1.807, 2.05) is 0 Å². The Kier molecular flexibility index (Phi) is 14.7. The maximum Gasteiger partial charge on any atom is 0.484 e. The van der Waals surface area contributed by atoms with Crippen molar-refractivity contribution in [2.24, 2.45) is 17.8 Å². The van der Waals surface area contributed by atoms with E-state index in [0.717, 1.165) is 58.3 Å². The Morgan fingerprint density at radius 1 is 0.500 bits per heavy atom. The molecule has 3 nitrogen and oxygen atoms in total. The van der Waals surface area contributed by atoms with Gasteiger partial charge in [-0.15, -0.1) is 0 Å². The van der Waals surface area contributed by atoms with Gasteiger partial charge in [0.05, 0.1) is 0 Å². The smallest absolute Gasteiger partial charge is 0.376 e. The molecule has 0 fully saturated rings. The van der Waals surface area contributed by atoms with E-state index in [4.69, 9.17) is 13.3 Å². The van der Waals surface area contributed by atoms with Crippen LogP contribution in [0.4, 0.5) is 0 Å². The van der Waals surface area contributed by atoms with Gasteiger partial charge in [-0.05, 0) is 17.8 Å². The molecule has 0 saturated carbocycles. The van der Waals surface area contributed by atoms with Crippen LogP contribution in [0.5, 0.6) is 0 Å². The highest BCUT2D eigenvalue weighted by molar-refractivity contribution is 6.36. The molecule has 0 radical (unpaired) electrons. The predicted octanol–water partition coefficient (Wildman–Crippen LogP) is 5.06. The lowest BCUT2D eigenvalue weighted by Crippen LogP contribution is -2.33. The highest BCUT2D eigenvalue weighted by Gasteiger charge is 2.20. The third-order valence-corrected chi connectivity index (χ3v) is 6.26. The maximum atomic E-state index is 6.06. The first-order valence-electron chi connectivity index (χ1n) is 9.49. The molecule has 0 aromatic heterocycles. The molecule has 0 aromatic rings. The van der Waals surface area contributed by atoms with Crippen molar-refractivity contribution in [3.63, 3.8) is 0 Å². The maximum absolute atomic E-state index is 6.06. The second-order valence-corrected chi connectivity index (χ2v) is 7.91. The summed E-state index contributed by atoms with van der Waals surface area (Å²) in [6.45, 7) is 15.7. The van der Waals surface area contributed by atoms with Crippen LogP contribution >= 0.6 is 0 Å². The van der Waals surface area contributed by atoms with Gasteiger partial charge in [0.25, 0.3) is 0 Å². The lowest BCUT2D eigenvalue weighted by molar-refractivity contribution is 0.0556. The second kappa shape index (κ2) is 14.7. The minimum Gasteiger partial charge on any atom is -0.376 e.